The van der Waals surface area contributed by atoms with Gasteiger partial charge in [0, 0.05) is 12.7 Å². The second-order valence-electron chi connectivity index (χ2n) is 6.05. The smallest absolute Gasteiger partial charge is 0.293 e. The fourth-order valence-electron chi connectivity index (χ4n) is 3.14. The topological polar surface area (TPSA) is 53.7 Å². The Morgan fingerprint density at radius 2 is 1.96 bits per heavy atom. The monoisotopic (exact) mass is 355 g/mol. The zero-order chi connectivity index (χ0) is 17.9. The normalized spacial score (nSPS) is 15.7. The molecule has 0 saturated heterocycles. The molecule has 0 bridgehead atoms. The summed E-state index contributed by atoms with van der Waals surface area (Å²) in [5.74, 6) is -0.120. The van der Waals surface area contributed by atoms with Gasteiger partial charge in [-0.3, -0.25) is 0 Å². The van der Waals surface area contributed by atoms with Crippen molar-refractivity contribution < 1.29 is 23.1 Å². The molecule has 2 aromatic carbocycles. The number of hydrogen-bond donors (Lipinski definition) is 0. The van der Waals surface area contributed by atoms with Crippen molar-refractivity contribution in [1.82, 2.24) is 5.16 Å². The summed E-state index contributed by atoms with van der Waals surface area (Å²) in [6.07, 6.45) is 2.03. The zero-order valence-corrected chi connectivity index (χ0v) is 14.3. The van der Waals surface area contributed by atoms with Crippen LogP contribution in [-0.2, 0) is 11.2 Å². The molecule has 1 aromatic heterocycles. The van der Waals surface area contributed by atoms with Crippen LogP contribution in [0.5, 0.6) is 11.6 Å². The molecule has 1 aliphatic rings. The first-order chi connectivity index (χ1) is 12.8. The molecule has 0 fully saturated rings. The quantitative estimate of drug-likeness (QED) is 0.608. The first-order valence-electron chi connectivity index (χ1n) is 8.38. The molecule has 6 heteroatoms. The lowest BCUT2D eigenvalue weighted by Gasteiger charge is -2.15. The average molecular weight is 355 g/mol. The van der Waals surface area contributed by atoms with Crippen molar-refractivity contribution in [3.05, 3.63) is 65.5 Å². The van der Waals surface area contributed by atoms with Crippen LogP contribution in [0, 0.1) is 5.82 Å². The third kappa shape index (κ3) is 3.15. The highest BCUT2D eigenvalue weighted by atomic mass is 19.1. The van der Waals surface area contributed by atoms with Gasteiger partial charge in [0.1, 0.15) is 11.9 Å². The zero-order valence-electron chi connectivity index (χ0n) is 14.3. The van der Waals surface area contributed by atoms with E-state index in [9.17, 15) is 4.39 Å². The van der Waals surface area contributed by atoms with Gasteiger partial charge in [-0.05, 0) is 53.4 Å². The summed E-state index contributed by atoms with van der Waals surface area (Å²) in [5.41, 5.74) is 3.13. The van der Waals surface area contributed by atoms with Crippen LogP contribution in [-0.4, -0.2) is 19.1 Å². The molecule has 1 atom stereocenters. The van der Waals surface area contributed by atoms with Crippen molar-refractivity contribution in [3.8, 4) is 23.0 Å². The number of methoxy groups -OCH3 is 1. The van der Waals surface area contributed by atoms with E-state index in [1.807, 2.05) is 12.1 Å². The largest absolute Gasteiger partial charge is 0.486 e. The van der Waals surface area contributed by atoms with Crippen LogP contribution in [0.4, 0.5) is 4.39 Å². The fraction of sp³-hybridized carbons (Fsp3) is 0.250. The van der Waals surface area contributed by atoms with Gasteiger partial charge < -0.3 is 18.7 Å². The number of rotatable bonds is 6. The minimum atomic E-state index is -0.652. The maximum absolute atomic E-state index is 14.3. The Balaban J connectivity index is 1.49. The van der Waals surface area contributed by atoms with Crippen LogP contribution in [0.15, 0.2) is 53.1 Å². The van der Waals surface area contributed by atoms with Gasteiger partial charge in [-0.15, -0.1) is 0 Å². The molecular weight excluding hydrogens is 337 g/mol. The van der Waals surface area contributed by atoms with Gasteiger partial charge in [-0.25, -0.2) is 0 Å². The minimum absolute atomic E-state index is 0.0221. The summed E-state index contributed by atoms with van der Waals surface area (Å²) in [6.45, 7) is -0.0987. The maximum Gasteiger partial charge on any atom is 0.293 e. The standard InChI is InChI=1S/C20H18FNO4/c1-23-12-24-20-18(21)19(26-22-20)14-6-9-15(10-7-14)25-17-11-8-13-4-2-3-5-16(13)17/h2-7,9-10,17H,8,11-12H2,1H3. The van der Waals surface area contributed by atoms with E-state index in [1.54, 1.807) is 24.3 Å². The van der Waals surface area contributed by atoms with E-state index in [0.717, 1.165) is 18.6 Å². The van der Waals surface area contributed by atoms with Crippen molar-refractivity contribution in [3.63, 3.8) is 0 Å². The summed E-state index contributed by atoms with van der Waals surface area (Å²) < 4.78 is 35.2. The fourth-order valence-corrected chi connectivity index (χ4v) is 3.14. The van der Waals surface area contributed by atoms with Crippen molar-refractivity contribution in [1.29, 1.82) is 0 Å². The van der Waals surface area contributed by atoms with Crippen LogP contribution in [0.3, 0.4) is 0 Å². The summed E-state index contributed by atoms with van der Waals surface area (Å²) in [5, 5.41) is 3.58. The number of halogens is 1. The van der Waals surface area contributed by atoms with E-state index in [1.165, 1.54) is 18.2 Å². The first-order valence-corrected chi connectivity index (χ1v) is 8.38. The van der Waals surface area contributed by atoms with Crippen molar-refractivity contribution in [2.24, 2.45) is 0 Å². The van der Waals surface area contributed by atoms with Crippen molar-refractivity contribution in [2.75, 3.05) is 13.9 Å². The summed E-state index contributed by atoms with van der Waals surface area (Å²) in [7, 11) is 1.44. The highest BCUT2D eigenvalue weighted by Crippen LogP contribution is 2.36. The van der Waals surface area contributed by atoms with E-state index in [0.29, 0.717) is 5.56 Å². The van der Waals surface area contributed by atoms with Gasteiger partial charge in [-0.1, -0.05) is 24.3 Å². The maximum atomic E-state index is 14.3. The van der Waals surface area contributed by atoms with E-state index < -0.39 is 5.82 Å². The van der Waals surface area contributed by atoms with E-state index in [-0.39, 0.29) is 24.5 Å². The second-order valence-corrected chi connectivity index (χ2v) is 6.05. The average Bonchev–Trinajstić information content (AvgIpc) is 3.25. The highest BCUT2D eigenvalue weighted by molar-refractivity contribution is 5.60. The lowest BCUT2D eigenvalue weighted by Crippen LogP contribution is -2.03. The van der Waals surface area contributed by atoms with Crippen LogP contribution < -0.4 is 9.47 Å². The summed E-state index contributed by atoms with van der Waals surface area (Å²) in [4.78, 5) is 0. The van der Waals surface area contributed by atoms with Crippen molar-refractivity contribution in [2.45, 2.75) is 18.9 Å². The number of aryl methyl sites for hydroxylation is 1. The molecule has 0 amide bonds. The minimum Gasteiger partial charge on any atom is -0.486 e. The van der Waals surface area contributed by atoms with Crippen LogP contribution in [0.2, 0.25) is 0 Å². The molecule has 5 nitrogen and oxygen atoms in total. The SMILES string of the molecule is COCOc1noc(-c2ccc(OC3CCc4ccccc43)cc2)c1F. The summed E-state index contributed by atoms with van der Waals surface area (Å²) >= 11 is 0. The third-order valence-electron chi connectivity index (χ3n) is 4.39. The van der Waals surface area contributed by atoms with Gasteiger partial charge in [0.2, 0.25) is 11.6 Å². The Morgan fingerprint density at radius 3 is 2.77 bits per heavy atom. The van der Waals surface area contributed by atoms with Gasteiger partial charge >= 0.3 is 0 Å². The number of aromatic nitrogens is 1. The number of benzene rings is 2. The van der Waals surface area contributed by atoms with E-state index in [4.69, 9.17) is 18.7 Å². The Bertz CT molecular complexity index is 891. The molecule has 0 aliphatic heterocycles. The van der Waals surface area contributed by atoms with Gasteiger partial charge in [-0.2, -0.15) is 4.39 Å². The number of nitrogens with zero attached hydrogens (tertiary/aromatic N) is 1. The molecule has 26 heavy (non-hydrogen) atoms. The second kappa shape index (κ2) is 7.17. The van der Waals surface area contributed by atoms with Gasteiger partial charge in [0.05, 0.1) is 0 Å². The molecule has 0 N–H and O–H groups in total. The predicted molar refractivity (Wildman–Crippen MR) is 92.5 cm³/mol. The predicted octanol–water partition coefficient (Wildman–Crippen LogP) is 4.53. The van der Waals surface area contributed by atoms with Gasteiger partial charge in [0.15, 0.2) is 6.79 Å². The van der Waals surface area contributed by atoms with Crippen LogP contribution in [0.1, 0.15) is 23.7 Å². The Kier molecular flexibility index (Phi) is 4.58. The molecule has 134 valence electrons. The lowest BCUT2D eigenvalue weighted by atomic mass is 10.1. The molecule has 0 spiro atoms. The molecule has 1 heterocycles. The first kappa shape index (κ1) is 16.6. The number of ether oxygens (including phenoxy) is 3. The molecule has 3 aromatic rings. The molecule has 1 aliphatic carbocycles. The van der Waals surface area contributed by atoms with Crippen LogP contribution >= 0.6 is 0 Å². The number of fused-ring (bicyclic) bond motifs is 1. The molecule has 0 saturated carbocycles. The number of hydrogen-bond acceptors (Lipinski definition) is 5. The van der Waals surface area contributed by atoms with E-state index >= 15 is 0 Å². The van der Waals surface area contributed by atoms with Crippen molar-refractivity contribution >= 4 is 0 Å². The van der Waals surface area contributed by atoms with E-state index in [2.05, 4.69) is 17.3 Å². The molecule has 0 radical (unpaired) electrons. The lowest BCUT2D eigenvalue weighted by molar-refractivity contribution is 0.0429. The Hall–Kier alpha value is -2.86. The van der Waals surface area contributed by atoms with Gasteiger partial charge in [0.25, 0.3) is 5.88 Å². The third-order valence-corrected chi connectivity index (χ3v) is 4.39. The Labute approximate surface area is 150 Å². The van der Waals surface area contributed by atoms with Crippen LogP contribution in [0.25, 0.3) is 11.3 Å². The highest BCUT2D eigenvalue weighted by Gasteiger charge is 2.24. The molecule has 1 unspecified atom stereocenters. The molecule has 4 rings (SSSR count). The molecular formula is C20H18FNO4. The Morgan fingerprint density at radius 1 is 1.15 bits per heavy atom. The summed E-state index contributed by atoms with van der Waals surface area (Å²) in [6, 6.07) is 15.4.